The molecule has 0 unspecified atom stereocenters. The Hall–Kier alpha value is -4.11. The van der Waals surface area contributed by atoms with Crippen molar-refractivity contribution in [1.29, 1.82) is 0 Å². The quantitative estimate of drug-likeness (QED) is 0.258. The fraction of sp³-hybridized carbons (Fsp3) is 0.267. The number of nitrogens with one attached hydrogen (secondary N) is 1. The molecule has 1 aliphatic heterocycles. The van der Waals surface area contributed by atoms with Crippen LogP contribution < -0.4 is 15.8 Å². The van der Waals surface area contributed by atoms with Gasteiger partial charge >= 0.3 is 0 Å². The fourth-order valence-corrected chi connectivity index (χ4v) is 5.51. The van der Waals surface area contributed by atoms with Gasteiger partial charge in [-0.1, -0.05) is 72.4 Å². The van der Waals surface area contributed by atoms with E-state index < -0.39 is 0 Å². The standard InChI is InChI=1S/C30H31N5O3S/c36-27(31-21-23-9-3-1-4-10-23)22-39-30-32-26-14-8-7-13-25(26)29(38)35(30)16-15-28(37)34-19-17-33(18-20-34)24-11-5-2-6-12-24/h1-14H,15-22H2,(H,31,36). The third kappa shape index (κ3) is 6.67. The van der Waals surface area contributed by atoms with Crippen LogP contribution in [-0.2, 0) is 22.7 Å². The zero-order valence-electron chi connectivity index (χ0n) is 21.7. The molecule has 0 aliphatic carbocycles. The number of hydrogen-bond acceptors (Lipinski definition) is 6. The first kappa shape index (κ1) is 26.5. The van der Waals surface area contributed by atoms with Crippen molar-refractivity contribution >= 4 is 40.2 Å². The molecule has 1 N–H and O–H groups in total. The molecule has 0 saturated carbocycles. The van der Waals surface area contributed by atoms with Crippen LogP contribution in [0.4, 0.5) is 5.69 Å². The van der Waals surface area contributed by atoms with Crippen LogP contribution in [0.25, 0.3) is 10.9 Å². The lowest BCUT2D eigenvalue weighted by Gasteiger charge is -2.36. The van der Waals surface area contributed by atoms with Crippen LogP contribution in [0.2, 0.25) is 0 Å². The number of piperazine rings is 1. The van der Waals surface area contributed by atoms with E-state index in [2.05, 4.69) is 27.3 Å². The largest absolute Gasteiger partial charge is 0.368 e. The van der Waals surface area contributed by atoms with Crippen LogP contribution >= 0.6 is 11.8 Å². The van der Waals surface area contributed by atoms with Gasteiger partial charge in [0.25, 0.3) is 5.56 Å². The molecule has 1 fully saturated rings. The molecule has 0 atom stereocenters. The summed E-state index contributed by atoms with van der Waals surface area (Å²) in [7, 11) is 0. The number of fused-ring (bicyclic) bond motifs is 1. The first-order valence-electron chi connectivity index (χ1n) is 13.1. The molecular weight excluding hydrogens is 510 g/mol. The second kappa shape index (κ2) is 12.6. The molecule has 5 rings (SSSR count). The number of amides is 2. The molecule has 200 valence electrons. The highest BCUT2D eigenvalue weighted by molar-refractivity contribution is 7.99. The maximum absolute atomic E-state index is 13.4. The van der Waals surface area contributed by atoms with E-state index in [1.54, 1.807) is 18.2 Å². The third-order valence-electron chi connectivity index (χ3n) is 6.79. The van der Waals surface area contributed by atoms with Crippen LogP contribution in [0.1, 0.15) is 12.0 Å². The van der Waals surface area contributed by atoms with Crippen LogP contribution in [0.15, 0.2) is 94.9 Å². The van der Waals surface area contributed by atoms with E-state index in [0.717, 1.165) is 24.3 Å². The van der Waals surface area contributed by atoms with Crippen LogP contribution in [-0.4, -0.2) is 58.2 Å². The first-order chi connectivity index (χ1) is 19.1. The fourth-order valence-electron chi connectivity index (χ4n) is 4.65. The summed E-state index contributed by atoms with van der Waals surface area (Å²) in [5.74, 6) is -0.0167. The van der Waals surface area contributed by atoms with E-state index in [0.29, 0.717) is 35.7 Å². The second-order valence-electron chi connectivity index (χ2n) is 9.37. The van der Waals surface area contributed by atoms with Crippen molar-refractivity contribution < 1.29 is 9.59 Å². The first-order valence-corrected chi connectivity index (χ1v) is 14.1. The predicted molar refractivity (Wildman–Crippen MR) is 155 cm³/mol. The Bertz CT molecular complexity index is 1490. The number of carbonyl (C=O) groups is 2. The van der Waals surface area contributed by atoms with E-state index in [9.17, 15) is 14.4 Å². The van der Waals surface area contributed by atoms with Gasteiger partial charge in [-0.05, 0) is 29.8 Å². The van der Waals surface area contributed by atoms with Crippen molar-refractivity contribution in [3.8, 4) is 0 Å². The monoisotopic (exact) mass is 541 g/mol. The Kier molecular flexibility index (Phi) is 8.58. The molecule has 8 nitrogen and oxygen atoms in total. The maximum Gasteiger partial charge on any atom is 0.262 e. The molecule has 2 amide bonds. The Morgan fingerprint density at radius 3 is 2.26 bits per heavy atom. The minimum Gasteiger partial charge on any atom is -0.368 e. The summed E-state index contributed by atoms with van der Waals surface area (Å²) in [5, 5.41) is 3.85. The van der Waals surface area contributed by atoms with E-state index in [4.69, 9.17) is 0 Å². The molecule has 0 radical (unpaired) electrons. The number of thioether (sulfide) groups is 1. The van der Waals surface area contributed by atoms with Gasteiger partial charge in [0, 0.05) is 51.4 Å². The molecule has 1 aliphatic rings. The summed E-state index contributed by atoms with van der Waals surface area (Å²) >= 11 is 1.21. The molecule has 9 heteroatoms. The van der Waals surface area contributed by atoms with Crippen LogP contribution in [0.5, 0.6) is 0 Å². The number of carbonyl (C=O) groups excluding carboxylic acids is 2. The van der Waals surface area contributed by atoms with Gasteiger partial charge in [0.05, 0.1) is 16.7 Å². The minimum atomic E-state index is -0.200. The van der Waals surface area contributed by atoms with E-state index in [-0.39, 0.29) is 36.1 Å². The molecule has 1 saturated heterocycles. The zero-order valence-corrected chi connectivity index (χ0v) is 22.5. The predicted octanol–water partition coefficient (Wildman–Crippen LogP) is 3.54. The number of rotatable bonds is 9. The van der Waals surface area contributed by atoms with Gasteiger partial charge in [0.15, 0.2) is 5.16 Å². The number of benzene rings is 3. The van der Waals surface area contributed by atoms with Gasteiger partial charge in [-0.15, -0.1) is 0 Å². The highest BCUT2D eigenvalue weighted by atomic mass is 32.2. The average molecular weight is 542 g/mol. The maximum atomic E-state index is 13.4. The van der Waals surface area contributed by atoms with Crippen molar-refractivity contribution in [2.24, 2.45) is 0 Å². The van der Waals surface area contributed by atoms with Gasteiger partial charge in [0.2, 0.25) is 11.8 Å². The second-order valence-corrected chi connectivity index (χ2v) is 10.3. The molecule has 3 aromatic carbocycles. The van der Waals surface area contributed by atoms with Gasteiger partial charge in [-0.3, -0.25) is 19.0 Å². The highest BCUT2D eigenvalue weighted by Crippen LogP contribution is 2.19. The third-order valence-corrected chi connectivity index (χ3v) is 7.77. The summed E-state index contributed by atoms with van der Waals surface area (Å²) in [5.41, 5.74) is 2.55. The lowest BCUT2D eigenvalue weighted by molar-refractivity contribution is -0.131. The van der Waals surface area contributed by atoms with Crippen molar-refractivity contribution in [3.63, 3.8) is 0 Å². The van der Waals surface area contributed by atoms with Gasteiger partial charge < -0.3 is 15.1 Å². The Morgan fingerprint density at radius 2 is 1.51 bits per heavy atom. The topological polar surface area (TPSA) is 87.5 Å². The summed E-state index contributed by atoms with van der Waals surface area (Å²) in [6, 6.07) is 27.1. The minimum absolute atomic E-state index is 0.0133. The zero-order chi connectivity index (χ0) is 27.0. The average Bonchev–Trinajstić information content (AvgIpc) is 2.99. The number of hydrogen-bond donors (Lipinski definition) is 1. The van der Waals surface area contributed by atoms with E-state index in [1.165, 1.54) is 16.3 Å². The van der Waals surface area contributed by atoms with Gasteiger partial charge in [-0.2, -0.15) is 0 Å². The normalized spacial score (nSPS) is 13.4. The Morgan fingerprint density at radius 1 is 0.846 bits per heavy atom. The van der Waals surface area contributed by atoms with Crippen LogP contribution in [0, 0.1) is 0 Å². The van der Waals surface area contributed by atoms with Gasteiger partial charge in [-0.25, -0.2) is 4.98 Å². The SMILES string of the molecule is O=C(CSc1nc2ccccc2c(=O)n1CCC(=O)N1CCN(c2ccccc2)CC1)NCc1ccccc1. The van der Waals surface area contributed by atoms with Crippen molar-refractivity contribution in [2.45, 2.75) is 24.7 Å². The lowest BCUT2D eigenvalue weighted by Crippen LogP contribution is -2.49. The molecule has 0 spiro atoms. The molecule has 39 heavy (non-hydrogen) atoms. The van der Waals surface area contributed by atoms with E-state index in [1.807, 2.05) is 59.5 Å². The molecule has 4 aromatic rings. The Balaban J connectivity index is 1.23. The molecular formula is C30H31N5O3S. The highest BCUT2D eigenvalue weighted by Gasteiger charge is 2.22. The number of anilines is 1. The van der Waals surface area contributed by atoms with Crippen molar-refractivity contribution in [2.75, 3.05) is 36.8 Å². The summed E-state index contributed by atoms with van der Waals surface area (Å²) in [6.07, 6.45) is 0.193. The summed E-state index contributed by atoms with van der Waals surface area (Å²) in [4.78, 5) is 47.8. The summed E-state index contributed by atoms with van der Waals surface area (Å²) in [6.45, 7) is 3.47. The van der Waals surface area contributed by atoms with Gasteiger partial charge in [0.1, 0.15) is 0 Å². The Labute approximate surface area is 231 Å². The number of aromatic nitrogens is 2. The molecule has 0 bridgehead atoms. The number of nitrogens with zero attached hydrogens (tertiary/aromatic N) is 4. The van der Waals surface area contributed by atoms with E-state index >= 15 is 0 Å². The number of para-hydroxylation sites is 2. The summed E-state index contributed by atoms with van der Waals surface area (Å²) < 4.78 is 1.54. The lowest BCUT2D eigenvalue weighted by atomic mass is 10.2. The van der Waals surface area contributed by atoms with Crippen LogP contribution in [0.3, 0.4) is 0 Å². The molecule has 1 aromatic heterocycles. The van der Waals surface area contributed by atoms with Crippen molar-refractivity contribution in [1.82, 2.24) is 19.8 Å². The smallest absolute Gasteiger partial charge is 0.262 e. The molecule has 2 heterocycles. The van der Waals surface area contributed by atoms with Crippen molar-refractivity contribution in [3.05, 3.63) is 101 Å².